The quantitative estimate of drug-likeness (QED) is 0.500. The van der Waals surface area contributed by atoms with Crippen LogP contribution in [-0.4, -0.2) is 23.5 Å². The summed E-state index contributed by atoms with van der Waals surface area (Å²) in [5, 5.41) is 11.3. The number of phenols is 1. The van der Waals surface area contributed by atoms with Crippen LogP contribution in [0.3, 0.4) is 0 Å². The van der Waals surface area contributed by atoms with E-state index in [1.807, 2.05) is 26.8 Å². The largest absolute Gasteiger partial charge is 0.507 e. The summed E-state index contributed by atoms with van der Waals surface area (Å²) in [5.41, 5.74) is 1.65. The maximum Gasteiger partial charge on any atom is 0.374 e. The Morgan fingerprint density at radius 1 is 1.14 bits per heavy atom. The number of benzene rings is 2. The summed E-state index contributed by atoms with van der Waals surface area (Å²) in [7, 11) is 0. The van der Waals surface area contributed by atoms with Crippen LogP contribution in [0.25, 0.3) is 11.0 Å². The molecular formula is C23H24O5. The number of carbonyl (C=O) groups excluding carboxylic acids is 2. The fraction of sp³-hybridized carbons (Fsp3) is 0.304. The Kier molecular flexibility index (Phi) is 5.02. The van der Waals surface area contributed by atoms with Gasteiger partial charge in [-0.3, -0.25) is 4.79 Å². The first-order chi connectivity index (χ1) is 13.2. The van der Waals surface area contributed by atoms with Crippen molar-refractivity contribution >= 4 is 22.7 Å². The molecule has 3 aromatic rings. The van der Waals surface area contributed by atoms with Gasteiger partial charge in [0.05, 0.1) is 17.6 Å². The van der Waals surface area contributed by atoms with Crippen LogP contribution in [-0.2, 0) is 10.2 Å². The molecule has 5 heteroatoms. The van der Waals surface area contributed by atoms with Gasteiger partial charge in [0.15, 0.2) is 5.78 Å². The SMILES string of the molecule is CCOC(=O)c1oc2c(C(=O)c3ccccc3)cc(C(C)(C)C)c(O)c2c1C. The first-order valence-electron chi connectivity index (χ1n) is 9.23. The molecule has 0 bridgehead atoms. The lowest BCUT2D eigenvalue weighted by Gasteiger charge is -2.22. The molecule has 146 valence electrons. The molecule has 0 saturated carbocycles. The number of ether oxygens (including phenoxy) is 1. The van der Waals surface area contributed by atoms with E-state index in [2.05, 4.69) is 0 Å². The van der Waals surface area contributed by atoms with Crippen LogP contribution < -0.4 is 0 Å². The molecule has 0 amide bonds. The molecule has 1 heterocycles. The first kappa shape index (κ1) is 19.7. The minimum Gasteiger partial charge on any atom is -0.507 e. The normalized spacial score (nSPS) is 11.6. The van der Waals surface area contributed by atoms with E-state index in [4.69, 9.17) is 9.15 Å². The molecule has 0 saturated heterocycles. The number of furan rings is 1. The van der Waals surface area contributed by atoms with E-state index in [1.54, 1.807) is 44.2 Å². The second-order valence-electron chi connectivity index (χ2n) is 7.75. The molecule has 0 atom stereocenters. The van der Waals surface area contributed by atoms with Crippen molar-refractivity contribution in [1.82, 2.24) is 0 Å². The molecule has 28 heavy (non-hydrogen) atoms. The van der Waals surface area contributed by atoms with Gasteiger partial charge < -0.3 is 14.3 Å². The highest BCUT2D eigenvalue weighted by molar-refractivity contribution is 6.17. The second kappa shape index (κ2) is 7.15. The monoisotopic (exact) mass is 380 g/mol. The van der Waals surface area contributed by atoms with Crippen LogP contribution in [0.15, 0.2) is 40.8 Å². The Hall–Kier alpha value is -3.08. The summed E-state index contributed by atoms with van der Waals surface area (Å²) in [6.45, 7) is 9.44. The summed E-state index contributed by atoms with van der Waals surface area (Å²) >= 11 is 0. The molecule has 0 unspecified atom stereocenters. The maximum atomic E-state index is 13.2. The highest BCUT2D eigenvalue weighted by Gasteiger charge is 2.30. The number of phenolic OH excluding ortho intramolecular Hbond substituents is 1. The van der Waals surface area contributed by atoms with Crippen molar-refractivity contribution in [2.45, 2.75) is 40.0 Å². The summed E-state index contributed by atoms with van der Waals surface area (Å²) in [5.74, 6) is -0.837. The van der Waals surface area contributed by atoms with Crippen LogP contribution in [0.4, 0.5) is 0 Å². The lowest BCUT2D eigenvalue weighted by molar-refractivity contribution is 0.0491. The summed E-state index contributed by atoms with van der Waals surface area (Å²) < 4.78 is 10.8. The van der Waals surface area contributed by atoms with Crippen molar-refractivity contribution in [3.05, 3.63) is 64.4 Å². The minimum atomic E-state index is -0.619. The molecule has 0 spiro atoms. The molecule has 0 aliphatic heterocycles. The predicted molar refractivity (Wildman–Crippen MR) is 107 cm³/mol. The van der Waals surface area contributed by atoms with E-state index in [-0.39, 0.29) is 29.5 Å². The number of rotatable bonds is 4. The average molecular weight is 380 g/mol. The highest BCUT2D eigenvalue weighted by Crippen LogP contribution is 2.42. The third kappa shape index (κ3) is 3.28. The van der Waals surface area contributed by atoms with Crippen LogP contribution in [0.2, 0.25) is 0 Å². The van der Waals surface area contributed by atoms with Crippen molar-refractivity contribution in [2.75, 3.05) is 6.61 Å². The van der Waals surface area contributed by atoms with Gasteiger partial charge in [-0.25, -0.2) is 4.79 Å². The summed E-state index contributed by atoms with van der Waals surface area (Å²) in [6, 6.07) is 10.5. The number of hydrogen-bond acceptors (Lipinski definition) is 5. The number of ketones is 1. The Morgan fingerprint density at radius 2 is 1.79 bits per heavy atom. The molecule has 5 nitrogen and oxygen atoms in total. The van der Waals surface area contributed by atoms with Gasteiger partial charge in [0, 0.05) is 16.7 Å². The Balaban J connectivity index is 2.36. The first-order valence-corrected chi connectivity index (χ1v) is 9.23. The highest BCUT2D eigenvalue weighted by atomic mass is 16.5. The van der Waals surface area contributed by atoms with Crippen molar-refractivity contribution in [1.29, 1.82) is 0 Å². The van der Waals surface area contributed by atoms with Gasteiger partial charge in [0.1, 0.15) is 11.3 Å². The molecule has 3 rings (SSSR count). The molecule has 0 fully saturated rings. The van der Waals surface area contributed by atoms with Crippen molar-refractivity contribution in [2.24, 2.45) is 0 Å². The molecule has 0 aliphatic carbocycles. The molecule has 1 aromatic heterocycles. The zero-order valence-corrected chi connectivity index (χ0v) is 16.8. The van der Waals surface area contributed by atoms with E-state index in [0.29, 0.717) is 27.6 Å². The zero-order valence-electron chi connectivity index (χ0n) is 16.8. The van der Waals surface area contributed by atoms with Crippen molar-refractivity contribution in [3.8, 4) is 5.75 Å². The Labute approximate surface area is 163 Å². The fourth-order valence-electron chi connectivity index (χ4n) is 3.28. The zero-order chi connectivity index (χ0) is 20.6. The van der Waals surface area contributed by atoms with E-state index in [0.717, 1.165) is 0 Å². The smallest absolute Gasteiger partial charge is 0.374 e. The molecular weight excluding hydrogens is 356 g/mol. The average Bonchev–Trinajstić information content (AvgIpc) is 2.99. The lowest BCUT2D eigenvalue weighted by Crippen LogP contribution is -2.13. The number of fused-ring (bicyclic) bond motifs is 1. The van der Waals surface area contributed by atoms with Crippen LogP contribution >= 0.6 is 0 Å². The third-order valence-corrected chi connectivity index (χ3v) is 4.72. The van der Waals surface area contributed by atoms with Gasteiger partial charge in [-0.05, 0) is 25.3 Å². The van der Waals surface area contributed by atoms with Gasteiger partial charge in [-0.1, -0.05) is 51.1 Å². The van der Waals surface area contributed by atoms with Crippen LogP contribution in [0.1, 0.15) is 65.3 Å². The molecule has 0 radical (unpaired) electrons. The van der Waals surface area contributed by atoms with E-state index < -0.39 is 11.4 Å². The predicted octanol–water partition coefficient (Wildman–Crippen LogP) is 5.15. The maximum absolute atomic E-state index is 13.2. The third-order valence-electron chi connectivity index (χ3n) is 4.72. The van der Waals surface area contributed by atoms with Crippen LogP contribution in [0.5, 0.6) is 5.75 Å². The molecule has 2 aromatic carbocycles. The van der Waals surface area contributed by atoms with Crippen LogP contribution in [0, 0.1) is 6.92 Å². The van der Waals surface area contributed by atoms with Gasteiger partial charge in [-0.15, -0.1) is 0 Å². The van der Waals surface area contributed by atoms with E-state index in [9.17, 15) is 14.7 Å². The molecule has 1 N–H and O–H groups in total. The number of esters is 1. The van der Waals surface area contributed by atoms with Gasteiger partial charge in [0.25, 0.3) is 0 Å². The number of carbonyl (C=O) groups is 2. The minimum absolute atomic E-state index is 0.000297. The number of hydrogen-bond donors (Lipinski definition) is 1. The lowest BCUT2D eigenvalue weighted by atomic mass is 9.83. The second-order valence-corrected chi connectivity index (χ2v) is 7.75. The van der Waals surface area contributed by atoms with Gasteiger partial charge in [-0.2, -0.15) is 0 Å². The van der Waals surface area contributed by atoms with Gasteiger partial charge >= 0.3 is 5.97 Å². The number of aryl methyl sites for hydroxylation is 1. The Bertz CT molecular complexity index is 1050. The van der Waals surface area contributed by atoms with Crippen molar-refractivity contribution < 1.29 is 23.8 Å². The summed E-state index contributed by atoms with van der Waals surface area (Å²) in [6.07, 6.45) is 0. The van der Waals surface area contributed by atoms with E-state index in [1.165, 1.54) is 0 Å². The van der Waals surface area contributed by atoms with E-state index >= 15 is 0 Å². The summed E-state index contributed by atoms with van der Waals surface area (Å²) in [4.78, 5) is 25.5. The topological polar surface area (TPSA) is 76.7 Å². The molecule has 0 aliphatic rings. The fourth-order valence-corrected chi connectivity index (χ4v) is 3.28. The number of aromatic hydroxyl groups is 1. The van der Waals surface area contributed by atoms with Crippen molar-refractivity contribution in [3.63, 3.8) is 0 Å². The standard InChI is InChI=1S/C23H24O5/c1-6-27-22(26)20-13(2)17-19(25)16(23(3,4)5)12-15(21(17)28-20)18(24)14-10-8-7-9-11-14/h7-12,25H,6H2,1-5H3. The van der Waals surface area contributed by atoms with Gasteiger partial charge in [0.2, 0.25) is 5.76 Å². The Morgan fingerprint density at radius 3 is 2.36 bits per heavy atom.